The van der Waals surface area contributed by atoms with Crippen LogP contribution >= 0.6 is 0 Å². The topological polar surface area (TPSA) is 54.0 Å². The molecule has 0 aromatic heterocycles. The van der Waals surface area contributed by atoms with Gasteiger partial charge in [-0.15, -0.1) is 0 Å². The van der Waals surface area contributed by atoms with Crippen molar-refractivity contribution in [3.8, 4) is 0 Å². The van der Waals surface area contributed by atoms with Gasteiger partial charge in [0.1, 0.15) is 0 Å². The predicted octanol–water partition coefficient (Wildman–Crippen LogP) is 1.12. The Hall–Kier alpha value is -0.790. The molecule has 90 valence electrons. The molecule has 0 N–H and O–H groups in total. The van der Waals surface area contributed by atoms with Gasteiger partial charge < -0.3 is 14.2 Å². The maximum absolute atomic E-state index is 12.8. The van der Waals surface area contributed by atoms with Crippen molar-refractivity contribution in [2.45, 2.75) is 32.5 Å². The highest BCUT2D eigenvalue weighted by Gasteiger charge is 2.44. The average molecular weight is 228 g/mol. The minimum Gasteiger partial charge on any atom is -0.463 e. The Morgan fingerprint density at radius 1 is 1.20 bits per heavy atom. The van der Waals surface area contributed by atoms with E-state index in [1.165, 1.54) is 21.0 Å². The number of ether oxygens (including phenoxy) is 4. The van der Waals surface area contributed by atoms with Crippen LogP contribution in [0.25, 0.3) is 0 Å². The Morgan fingerprint density at radius 2 is 1.73 bits per heavy atom. The van der Waals surface area contributed by atoms with E-state index in [9.17, 15) is 13.6 Å². The van der Waals surface area contributed by atoms with Gasteiger partial charge in [-0.3, -0.25) is 4.74 Å². The van der Waals surface area contributed by atoms with Gasteiger partial charge >= 0.3 is 12.1 Å². The number of methoxy groups -OCH3 is 2. The lowest BCUT2D eigenvalue weighted by atomic mass is 10.6. The number of carbonyl (C=O) groups is 1. The minimum atomic E-state index is -4.03. The van der Waals surface area contributed by atoms with Crippen LogP contribution in [0.1, 0.15) is 13.8 Å². The van der Waals surface area contributed by atoms with E-state index in [2.05, 4.69) is 14.2 Å². The molecule has 0 spiro atoms. The maximum Gasteiger partial charge on any atom is 0.458 e. The Labute approximate surface area is 86.2 Å². The van der Waals surface area contributed by atoms with E-state index in [0.29, 0.717) is 0 Å². The second-order valence-electron chi connectivity index (χ2n) is 2.63. The lowest BCUT2D eigenvalue weighted by molar-refractivity contribution is -0.326. The summed E-state index contributed by atoms with van der Waals surface area (Å²) >= 11 is 0. The van der Waals surface area contributed by atoms with E-state index >= 15 is 0 Å². The van der Waals surface area contributed by atoms with Gasteiger partial charge in [0.05, 0.1) is 7.11 Å². The Balaban J connectivity index is 4.15. The largest absolute Gasteiger partial charge is 0.463 e. The zero-order valence-corrected chi connectivity index (χ0v) is 8.95. The molecule has 0 aromatic carbocycles. The van der Waals surface area contributed by atoms with Crippen LogP contribution in [0.15, 0.2) is 0 Å². The first kappa shape index (κ1) is 14.2. The van der Waals surface area contributed by atoms with Gasteiger partial charge in [0, 0.05) is 7.11 Å². The normalized spacial score (nSPS) is 15.9. The predicted molar refractivity (Wildman–Crippen MR) is 45.1 cm³/mol. The lowest BCUT2D eigenvalue weighted by Crippen LogP contribution is -2.38. The zero-order chi connectivity index (χ0) is 12.1. The van der Waals surface area contributed by atoms with Crippen LogP contribution < -0.4 is 0 Å². The summed E-state index contributed by atoms with van der Waals surface area (Å²) in [6, 6.07) is 0. The molecule has 15 heavy (non-hydrogen) atoms. The molecule has 0 saturated carbocycles. The molecular formula is C8H14F2O5. The molecule has 2 unspecified atom stereocenters. The van der Waals surface area contributed by atoms with Gasteiger partial charge in [-0.05, 0) is 13.8 Å². The molecule has 0 aliphatic heterocycles. The first-order valence-corrected chi connectivity index (χ1v) is 4.15. The molecule has 5 nitrogen and oxygen atoms in total. The second kappa shape index (κ2) is 5.94. The zero-order valence-electron chi connectivity index (χ0n) is 8.95. The first-order valence-electron chi connectivity index (χ1n) is 4.15. The Bertz CT molecular complexity index is 209. The molecule has 0 aliphatic rings. The molecule has 0 heterocycles. The number of carbonyl (C=O) groups excluding carboxylic acids is 1. The number of alkyl halides is 2. The molecule has 0 saturated heterocycles. The van der Waals surface area contributed by atoms with Crippen LogP contribution in [0, 0.1) is 0 Å². The third-order valence-electron chi connectivity index (χ3n) is 1.45. The number of halogens is 2. The molecule has 0 fully saturated rings. The highest BCUT2D eigenvalue weighted by atomic mass is 19.3. The van der Waals surface area contributed by atoms with Crippen LogP contribution in [-0.2, 0) is 23.7 Å². The van der Waals surface area contributed by atoms with Crippen molar-refractivity contribution in [2.75, 3.05) is 14.2 Å². The van der Waals surface area contributed by atoms with E-state index in [1.54, 1.807) is 0 Å². The summed E-state index contributed by atoms with van der Waals surface area (Å²) in [6.45, 7) is 2.71. The van der Waals surface area contributed by atoms with Gasteiger partial charge in [-0.1, -0.05) is 0 Å². The molecule has 0 rings (SSSR count). The summed E-state index contributed by atoms with van der Waals surface area (Å²) in [7, 11) is 2.18. The Morgan fingerprint density at radius 3 is 2.13 bits per heavy atom. The van der Waals surface area contributed by atoms with Crippen LogP contribution in [0.3, 0.4) is 0 Å². The van der Waals surface area contributed by atoms with Gasteiger partial charge in [-0.25, -0.2) is 4.79 Å². The van der Waals surface area contributed by atoms with E-state index in [1.807, 2.05) is 0 Å². The highest BCUT2D eigenvalue weighted by Crippen LogP contribution is 2.20. The van der Waals surface area contributed by atoms with Crippen LogP contribution in [-0.4, -0.2) is 38.9 Å². The molecule has 0 amide bonds. The fourth-order valence-corrected chi connectivity index (χ4v) is 0.729. The van der Waals surface area contributed by atoms with Gasteiger partial charge in [0.15, 0.2) is 12.6 Å². The quantitative estimate of drug-likeness (QED) is 0.503. The van der Waals surface area contributed by atoms with Crippen LogP contribution in [0.2, 0.25) is 0 Å². The SMILES string of the molecule is COC(=O)C(F)(F)OC(C)OC(C)OC. The molecule has 7 heteroatoms. The van der Waals surface area contributed by atoms with Crippen molar-refractivity contribution in [3.05, 3.63) is 0 Å². The van der Waals surface area contributed by atoms with Crippen molar-refractivity contribution in [1.82, 2.24) is 0 Å². The van der Waals surface area contributed by atoms with Crippen molar-refractivity contribution in [2.24, 2.45) is 0 Å². The molecule has 0 aromatic rings. The summed E-state index contributed by atoms with van der Waals surface area (Å²) in [4.78, 5) is 10.5. The number of rotatable bonds is 6. The Kier molecular flexibility index (Phi) is 5.63. The van der Waals surface area contributed by atoms with E-state index in [0.717, 1.165) is 7.11 Å². The summed E-state index contributed by atoms with van der Waals surface area (Å²) < 4.78 is 43.0. The van der Waals surface area contributed by atoms with Crippen molar-refractivity contribution in [3.63, 3.8) is 0 Å². The van der Waals surface area contributed by atoms with Crippen molar-refractivity contribution in [1.29, 1.82) is 0 Å². The summed E-state index contributed by atoms with van der Waals surface area (Å²) in [5, 5.41) is 0. The second-order valence-corrected chi connectivity index (χ2v) is 2.63. The molecular weight excluding hydrogens is 214 g/mol. The highest BCUT2D eigenvalue weighted by molar-refractivity contribution is 5.75. The van der Waals surface area contributed by atoms with E-state index in [4.69, 9.17) is 4.74 Å². The number of hydrogen-bond acceptors (Lipinski definition) is 5. The van der Waals surface area contributed by atoms with E-state index < -0.39 is 24.7 Å². The number of esters is 1. The standard InChI is InChI=1S/C8H14F2O5/c1-5(12-3)14-6(2)15-8(9,10)7(11)13-4/h5-6H,1-4H3. The molecule has 2 atom stereocenters. The summed E-state index contributed by atoms with van der Waals surface area (Å²) in [5.74, 6) is -1.77. The fourth-order valence-electron chi connectivity index (χ4n) is 0.729. The lowest BCUT2D eigenvalue weighted by Gasteiger charge is -2.21. The first-order chi connectivity index (χ1) is 6.83. The van der Waals surface area contributed by atoms with Gasteiger partial charge in [-0.2, -0.15) is 8.78 Å². The van der Waals surface area contributed by atoms with Gasteiger partial charge in [0.2, 0.25) is 0 Å². The summed E-state index contributed by atoms with van der Waals surface area (Å²) in [5.41, 5.74) is 0. The van der Waals surface area contributed by atoms with E-state index in [-0.39, 0.29) is 0 Å². The van der Waals surface area contributed by atoms with Crippen molar-refractivity contribution < 1.29 is 32.5 Å². The third-order valence-corrected chi connectivity index (χ3v) is 1.45. The van der Waals surface area contributed by atoms with Crippen LogP contribution in [0.5, 0.6) is 0 Å². The summed E-state index contributed by atoms with van der Waals surface area (Å²) in [6.07, 6.45) is -6.04. The fraction of sp³-hybridized carbons (Fsp3) is 0.875. The molecule has 0 radical (unpaired) electrons. The van der Waals surface area contributed by atoms with Gasteiger partial charge in [0.25, 0.3) is 0 Å². The van der Waals surface area contributed by atoms with Crippen LogP contribution in [0.4, 0.5) is 8.78 Å². The average Bonchev–Trinajstić information content (AvgIpc) is 2.15. The minimum absolute atomic E-state index is 0.714. The number of hydrogen-bond donors (Lipinski definition) is 0. The maximum atomic E-state index is 12.8. The van der Waals surface area contributed by atoms with Crippen molar-refractivity contribution >= 4 is 5.97 Å². The monoisotopic (exact) mass is 228 g/mol. The smallest absolute Gasteiger partial charge is 0.458 e. The molecule has 0 aliphatic carbocycles. The molecule has 0 bridgehead atoms. The third kappa shape index (κ3) is 5.01.